The lowest BCUT2D eigenvalue weighted by Crippen LogP contribution is -2.61. The minimum Gasteiger partial charge on any atom is -0.479 e. The average molecular weight is 341 g/mol. The van der Waals surface area contributed by atoms with E-state index in [2.05, 4.69) is 12.2 Å². The standard InChI is InChI=1S/C16H23NO7/c1-8(17-2)7-9-3-5-10(6-4-9)23-16-13(20)11(18)12(19)14(24-16)15(21)22/h3-6,8,11-14,16-20H,7H2,1-2H3,(H,21,22)/t8-,11-,12-,13+,14-,16+/m0/s1. The van der Waals surface area contributed by atoms with E-state index in [0.29, 0.717) is 11.8 Å². The molecule has 0 bridgehead atoms. The quantitative estimate of drug-likeness (QED) is 0.451. The zero-order valence-electron chi connectivity index (χ0n) is 13.5. The van der Waals surface area contributed by atoms with Gasteiger partial charge in [-0.1, -0.05) is 12.1 Å². The van der Waals surface area contributed by atoms with E-state index >= 15 is 0 Å². The van der Waals surface area contributed by atoms with Crippen LogP contribution in [-0.2, 0) is 16.0 Å². The third-order valence-electron chi connectivity index (χ3n) is 4.02. The van der Waals surface area contributed by atoms with Crippen molar-refractivity contribution in [3.63, 3.8) is 0 Å². The highest BCUT2D eigenvalue weighted by molar-refractivity contribution is 5.73. The molecule has 0 aromatic heterocycles. The molecular formula is C16H23NO7. The summed E-state index contributed by atoms with van der Waals surface area (Å²) in [5.74, 6) is -1.09. The predicted molar refractivity (Wildman–Crippen MR) is 83.6 cm³/mol. The van der Waals surface area contributed by atoms with Gasteiger partial charge in [-0.2, -0.15) is 0 Å². The number of aliphatic hydroxyl groups is 3. The Morgan fingerprint density at radius 3 is 2.38 bits per heavy atom. The van der Waals surface area contributed by atoms with Crippen LogP contribution in [0.2, 0.25) is 0 Å². The van der Waals surface area contributed by atoms with Gasteiger partial charge in [0.05, 0.1) is 0 Å². The van der Waals surface area contributed by atoms with Crippen molar-refractivity contribution >= 4 is 5.97 Å². The minimum absolute atomic E-state index is 0.313. The number of aliphatic hydroxyl groups excluding tert-OH is 3. The fraction of sp³-hybridized carbons (Fsp3) is 0.562. The summed E-state index contributed by atoms with van der Waals surface area (Å²) in [5.41, 5.74) is 1.08. The van der Waals surface area contributed by atoms with Gasteiger partial charge in [0, 0.05) is 6.04 Å². The first-order valence-corrected chi connectivity index (χ1v) is 7.68. The summed E-state index contributed by atoms with van der Waals surface area (Å²) in [6, 6.07) is 7.34. The average Bonchev–Trinajstić information content (AvgIpc) is 2.56. The molecule has 134 valence electrons. The lowest BCUT2D eigenvalue weighted by molar-refractivity contribution is -0.271. The Morgan fingerprint density at radius 1 is 1.21 bits per heavy atom. The maximum absolute atomic E-state index is 11.1. The molecule has 0 amide bonds. The van der Waals surface area contributed by atoms with Crippen LogP contribution in [0.4, 0.5) is 0 Å². The topological polar surface area (TPSA) is 128 Å². The van der Waals surface area contributed by atoms with E-state index in [1.807, 2.05) is 19.2 Å². The van der Waals surface area contributed by atoms with Gasteiger partial charge in [-0.3, -0.25) is 0 Å². The molecule has 1 fully saturated rings. The monoisotopic (exact) mass is 341 g/mol. The van der Waals surface area contributed by atoms with E-state index in [4.69, 9.17) is 14.6 Å². The molecule has 8 nitrogen and oxygen atoms in total. The number of likely N-dealkylation sites (N-methyl/N-ethyl adjacent to an activating group) is 1. The molecule has 1 aliphatic rings. The number of carboxylic acid groups (broad SMARTS) is 1. The van der Waals surface area contributed by atoms with E-state index in [-0.39, 0.29) is 0 Å². The summed E-state index contributed by atoms with van der Waals surface area (Å²) in [4.78, 5) is 11.1. The van der Waals surface area contributed by atoms with Crippen LogP contribution in [0.1, 0.15) is 12.5 Å². The number of rotatable bonds is 6. The molecular weight excluding hydrogens is 318 g/mol. The largest absolute Gasteiger partial charge is 0.479 e. The minimum atomic E-state index is -1.73. The summed E-state index contributed by atoms with van der Waals surface area (Å²) in [7, 11) is 1.88. The highest BCUT2D eigenvalue weighted by Gasteiger charge is 2.48. The number of carboxylic acids is 1. The predicted octanol–water partition coefficient (Wildman–Crippen LogP) is -0.892. The maximum atomic E-state index is 11.1. The Morgan fingerprint density at radius 2 is 1.83 bits per heavy atom. The zero-order chi connectivity index (χ0) is 17.9. The van der Waals surface area contributed by atoms with Crippen LogP contribution in [-0.4, -0.2) is 70.2 Å². The Hall–Kier alpha value is -1.71. The summed E-state index contributed by atoms with van der Waals surface area (Å²) in [6.07, 6.45) is -7.23. The number of ether oxygens (including phenoxy) is 2. The molecule has 24 heavy (non-hydrogen) atoms. The maximum Gasteiger partial charge on any atom is 0.335 e. The van der Waals surface area contributed by atoms with Crippen LogP contribution >= 0.6 is 0 Å². The van der Waals surface area contributed by atoms with Crippen molar-refractivity contribution in [2.24, 2.45) is 0 Å². The third kappa shape index (κ3) is 4.22. The Labute approximate surface area is 139 Å². The van der Waals surface area contributed by atoms with Gasteiger partial charge >= 0.3 is 5.97 Å². The lowest BCUT2D eigenvalue weighted by atomic mass is 9.99. The van der Waals surface area contributed by atoms with Crippen molar-refractivity contribution in [2.45, 2.75) is 50.1 Å². The number of nitrogens with one attached hydrogen (secondary N) is 1. The smallest absolute Gasteiger partial charge is 0.335 e. The van der Waals surface area contributed by atoms with Crippen LogP contribution in [0.15, 0.2) is 24.3 Å². The van der Waals surface area contributed by atoms with Gasteiger partial charge in [-0.05, 0) is 38.1 Å². The van der Waals surface area contributed by atoms with Gasteiger partial charge in [0.2, 0.25) is 6.29 Å². The van der Waals surface area contributed by atoms with Crippen LogP contribution in [0.3, 0.4) is 0 Å². The van der Waals surface area contributed by atoms with E-state index in [9.17, 15) is 20.1 Å². The van der Waals surface area contributed by atoms with Crippen LogP contribution in [0.25, 0.3) is 0 Å². The third-order valence-corrected chi connectivity index (χ3v) is 4.02. The van der Waals surface area contributed by atoms with Crippen molar-refractivity contribution in [1.29, 1.82) is 0 Å². The summed E-state index contributed by atoms with van der Waals surface area (Å²) >= 11 is 0. The van der Waals surface area contributed by atoms with E-state index in [0.717, 1.165) is 12.0 Å². The Kier molecular flexibility index (Phi) is 6.14. The molecule has 1 saturated heterocycles. The second-order valence-electron chi connectivity index (χ2n) is 5.89. The van der Waals surface area contributed by atoms with Crippen molar-refractivity contribution in [3.05, 3.63) is 29.8 Å². The molecule has 0 unspecified atom stereocenters. The first-order chi connectivity index (χ1) is 11.3. The Balaban J connectivity index is 2.05. The van der Waals surface area contributed by atoms with Crippen molar-refractivity contribution in [2.75, 3.05) is 7.05 Å². The van der Waals surface area contributed by atoms with Crippen molar-refractivity contribution in [3.8, 4) is 5.75 Å². The molecule has 6 atom stereocenters. The van der Waals surface area contributed by atoms with Gasteiger partial charge in [0.15, 0.2) is 6.10 Å². The summed E-state index contributed by atoms with van der Waals surface area (Å²) < 4.78 is 10.5. The van der Waals surface area contributed by atoms with Gasteiger partial charge in [-0.25, -0.2) is 4.79 Å². The van der Waals surface area contributed by atoms with Gasteiger partial charge in [0.1, 0.15) is 24.1 Å². The Bertz CT molecular complexity index is 550. The molecule has 0 spiro atoms. The van der Waals surface area contributed by atoms with Gasteiger partial charge in [0.25, 0.3) is 0 Å². The molecule has 8 heteroatoms. The first kappa shape index (κ1) is 18.6. The normalized spacial score (nSPS) is 31.5. The summed E-state index contributed by atoms with van der Waals surface area (Å²) in [6.45, 7) is 2.05. The number of benzene rings is 1. The summed E-state index contributed by atoms with van der Waals surface area (Å²) in [5, 5.41) is 41.4. The van der Waals surface area contributed by atoms with E-state index < -0.39 is 36.7 Å². The molecule has 0 radical (unpaired) electrons. The van der Waals surface area contributed by atoms with E-state index in [1.54, 1.807) is 12.1 Å². The lowest BCUT2D eigenvalue weighted by Gasteiger charge is -2.38. The van der Waals surface area contributed by atoms with E-state index in [1.165, 1.54) is 0 Å². The van der Waals surface area contributed by atoms with Crippen molar-refractivity contribution < 1.29 is 34.7 Å². The number of carbonyl (C=O) groups is 1. The highest BCUT2D eigenvalue weighted by Crippen LogP contribution is 2.25. The second-order valence-corrected chi connectivity index (χ2v) is 5.89. The molecule has 0 aliphatic carbocycles. The molecule has 2 rings (SSSR count). The molecule has 1 aromatic carbocycles. The molecule has 1 heterocycles. The van der Waals surface area contributed by atoms with Crippen LogP contribution in [0, 0.1) is 0 Å². The first-order valence-electron chi connectivity index (χ1n) is 7.68. The number of hydrogen-bond acceptors (Lipinski definition) is 7. The van der Waals surface area contributed by atoms with Crippen molar-refractivity contribution in [1.82, 2.24) is 5.32 Å². The van der Waals surface area contributed by atoms with Gasteiger partial charge in [-0.15, -0.1) is 0 Å². The molecule has 1 aromatic rings. The second kappa shape index (κ2) is 7.91. The number of hydrogen-bond donors (Lipinski definition) is 5. The molecule has 0 saturated carbocycles. The molecule has 1 aliphatic heterocycles. The SMILES string of the molecule is CN[C@@H](C)Cc1ccc(O[C@@H]2O[C@H](C(=O)O)[C@@H](O)[C@H](O)[C@H]2O)cc1. The zero-order valence-corrected chi connectivity index (χ0v) is 13.5. The highest BCUT2D eigenvalue weighted by atomic mass is 16.7. The fourth-order valence-electron chi connectivity index (χ4n) is 2.44. The molecule has 5 N–H and O–H groups in total. The van der Waals surface area contributed by atoms with Crippen LogP contribution < -0.4 is 10.1 Å². The number of aliphatic carboxylic acids is 1. The van der Waals surface area contributed by atoms with Crippen LogP contribution in [0.5, 0.6) is 5.75 Å². The fourth-order valence-corrected chi connectivity index (χ4v) is 2.44. The van der Waals surface area contributed by atoms with Gasteiger partial charge < -0.3 is 35.2 Å².